The fourth-order valence-corrected chi connectivity index (χ4v) is 0.388. The molecule has 3 nitrogen and oxygen atoms in total. The summed E-state index contributed by atoms with van der Waals surface area (Å²) in [5.74, 6) is -0.859. The van der Waals surface area contributed by atoms with Crippen LogP contribution in [0.1, 0.15) is 13.8 Å². The Balaban J connectivity index is 0. The zero-order valence-corrected chi connectivity index (χ0v) is 8.88. The van der Waals surface area contributed by atoms with E-state index in [1.165, 1.54) is 7.11 Å². The Morgan fingerprint density at radius 1 is 1.50 bits per heavy atom. The second-order valence-corrected chi connectivity index (χ2v) is 2.19. The van der Waals surface area contributed by atoms with Crippen LogP contribution in [-0.2, 0) is 9.53 Å². The van der Waals surface area contributed by atoms with E-state index in [2.05, 4.69) is 4.74 Å². The van der Waals surface area contributed by atoms with E-state index in [9.17, 15) is 9.90 Å². The third-order valence-electron chi connectivity index (χ3n) is 1.04. The number of hydrogen-bond donors (Lipinski definition) is 0. The van der Waals surface area contributed by atoms with Crippen LogP contribution < -0.4 is 34.7 Å². The maximum Gasteiger partial charge on any atom is 1.00 e. The predicted octanol–water partition coefficient (Wildman–Crippen LogP) is -3.45. The third-order valence-corrected chi connectivity index (χ3v) is 1.04. The van der Waals surface area contributed by atoms with Gasteiger partial charge in [0.05, 0.1) is 7.11 Å². The largest absolute Gasteiger partial charge is 1.00 e. The quantitative estimate of drug-likeness (QED) is 0.307. The van der Waals surface area contributed by atoms with Gasteiger partial charge in [-0.1, -0.05) is 13.8 Å². The normalized spacial score (nSPS) is 12.1. The standard InChI is InChI=1S/C6H11O3.Na/c1-4(2)5(7)6(8)9-3;/h4-5H,1-3H3;/q-1;+1/t5-;/m0./s1. The molecule has 0 aliphatic rings. The summed E-state index contributed by atoms with van der Waals surface area (Å²) < 4.78 is 4.22. The molecule has 0 aliphatic carbocycles. The van der Waals surface area contributed by atoms with Crippen molar-refractivity contribution in [1.82, 2.24) is 0 Å². The predicted molar refractivity (Wildman–Crippen MR) is 30.6 cm³/mol. The molecule has 1 atom stereocenters. The van der Waals surface area contributed by atoms with E-state index in [0.29, 0.717) is 0 Å². The topological polar surface area (TPSA) is 49.4 Å². The molecule has 0 saturated carbocycles. The molecule has 0 spiro atoms. The van der Waals surface area contributed by atoms with Crippen LogP contribution in [-0.4, -0.2) is 19.2 Å². The Bertz CT molecular complexity index is 103. The number of esters is 1. The van der Waals surface area contributed by atoms with Gasteiger partial charge in [0, 0.05) is 0 Å². The summed E-state index contributed by atoms with van der Waals surface area (Å²) in [7, 11) is 1.22. The first-order valence-electron chi connectivity index (χ1n) is 2.83. The van der Waals surface area contributed by atoms with Crippen molar-refractivity contribution in [1.29, 1.82) is 0 Å². The van der Waals surface area contributed by atoms with Gasteiger partial charge >= 0.3 is 29.6 Å². The number of methoxy groups -OCH3 is 1. The van der Waals surface area contributed by atoms with E-state index in [1.54, 1.807) is 13.8 Å². The van der Waals surface area contributed by atoms with Crippen LogP contribution in [0, 0.1) is 5.92 Å². The molecule has 0 fully saturated rings. The van der Waals surface area contributed by atoms with Gasteiger partial charge in [-0.05, 0) is 12.0 Å². The molecule has 0 rings (SSSR count). The maximum atomic E-state index is 10.7. The fourth-order valence-electron chi connectivity index (χ4n) is 0.388. The van der Waals surface area contributed by atoms with Crippen LogP contribution in [0.3, 0.4) is 0 Å². The van der Waals surface area contributed by atoms with Crippen LogP contribution in [0.15, 0.2) is 0 Å². The Kier molecular flexibility index (Phi) is 8.04. The first-order chi connectivity index (χ1) is 4.09. The Morgan fingerprint density at radius 2 is 1.90 bits per heavy atom. The molecule has 0 amide bonds. The zero-order chi connectivity index (χ0) is 7.44. The first kappa shape index (κ1) is 13.1. The molecule has 0 aliphatic heterocycles. The molecule has 0 aromatic heterocycles. The fraction of sp³-hybridized carbons (Fsp3) is 0.833. The number of carbonyl (C=O) groups is 1. The van der Waals surface area contributed by atoms with E-state index in [-0.39, 0.29) is 35.5 Å². The second kappa shape index (κ2) is 6.16. The van der Waals surface area contributed by atoms with Crippen LogP contribution in [0.2, 0.25) is 0 Å². The summed E-state index contributed by atoms with van der Waals surface area (Å²) in [6, 6.07) is 0. The molecule has 0 unspecified atom stereocenters. The number of ether oxygens (including phenoxy) is 1. The summed E-state index contributed by atoms with van der Waals surface area (Å²) in [5, 5.41) is 10.7. The minimum absolute atomic E-state index is 0. The Labute approximate surface area is 83.0 Å². The van der Waals surface area contributed by atoms with Gasteiger partial charge in [0.1, 0.15) is 0 Å². The first-order valence-corrected chi connectivity index (χ1v) is 2.83. The monoisotopic (exact) mass is 154 g/mol. The van der Waals surface area contributed by atoms with Crippen molar-refractivity contribution in [3.63, 3.8) is 0 Å². The maximum absolute atomic E-state index is 10.7. The van der Waals surface area contributed by atoms with E-state index in [1.807, 2.05) is 0 Å². The molecule has 0 heterocycles. The SMILES string of the molecule is COC(=O)[C@@H]([O-])C(C)C.[Na+]. The van der Waals surface area contributed by atoms with Gasteiger partial charge in [0.25, 0.3) is 5.97 Å². The smallest absolute Gasteiger partial charge is 0.844 e. The molecule has 0 saturated heterocycles. The van der Waals surface area contributed by atoms with Gasteiger partial charge < -0.3 is 9.84 Å². The summed E-state index contributed by atoms with van der Waals surface area (Å²) in [6.45, 7) is 3.38. The third kappa shape index (κ3) is 4.28. The molecule has 10 heavy (non-hydrogen) atoms. The molecule has 0 aromatic carbocycles. The molecular weight excluding hydrogens is 143 g/mol. The molecule has 54 valence electrons. The van der Waals surface area contributed by atoms with Gasteiger partial charge in [-0.3, -0.25) is 4.79 Å². The number of carbonyl (C=O) groups excluding carboxylic acids is 1. The molecule has 0 aromatic rings. The van der Waals surface area contributed by atoms with E-state index >= 15 is 0 Å². The number of rotatable bonds is 2. The summed E-state index contributed by atoms with van der Waals surface area (Å²) >= 11 is 0. The van der Waals surface area contributed by atoms with Gasteiger partial charge in [0.2, 0.25) is 0 Å². The average molecular weight is 154 g/mol. The summed E-state index contributed by atoms with van der Waals surface area (Å²) in [6.07, 6.45) is -1.23. The Hall–Kier alpha value is 0.430. The van der Waals surface area contributed by atoms with Crippen molar-refractivity contribution in [3.05, 3.63) is 0 Å². The van der Waals surface area contributed by atoms with Crippen LogP contribution in [0.5, 0.6) is 0 Å². The average Bonchev–Trinajstić information content (AvgIpc) is 1.84. The Morgan fingerprint density at radius 3 is 2.00 bits per heavy atom. The molecule has 0 N–H and O–H groups in total. The summed E-state index contributed by atoms with van der Waals surface area (Å²) in [4.78, 5) is 10.4. The van der Waals surface area contributed by atoms with Gasteiger partial charge in [-0.25, -0.2) is 0 Å². The van der Waals surface area contributed by atoms with Gasteiger partial charge in [-0.2, -0.15) is 0 Å². The van der Waals surface area contributed by atoms with Crippen molar-refractivity contribution < 1.29 is 44.2 Å². The molecular formula is C6H11NaO3. The number of hydrogen-bond acceptors (Lipinski definition) is 3. The summed E-state index contributed by atoms with van der Waals surface area (Å²) in [5.41, 5.74) is 0. The van der Waals surface area contributed by atoms with E-state index < -0.39 is 12.1 Å². The second-order valence-electron chi connectivity index (χ2n) is 2.19. The minimum Gasteiger partial charge on any atom is -0.844 e. The van der Waals surface area contributed by atoms with Gasteiger partial charge in [0.15, 0.2) is 0 Å². The van der Waals surface area contributed by atoms with Crippen molar-refractivity contribution in [3.8, 4) is 0 Å². The van der Waals surface area contributed by atoms with Crippen molar-refractivity contribution in [2.24, 2.45) is 5.92 Å². The van der Waals surface area contributed by atoms with E-state index in [0.717, 1.165) is 0 Å². The molecule has 0 bridgehead atoms. The van der Waals surface area contributed by atoms with Crippen molar-refractivity contribution in [2.45, 2.75) is 20.0 Å². The molecule has 0 radical (unpaired) electrons. The van der Waals surface area contributed by atoms with Crippen molar-refractivity contribution in [2.75, 3.05) is 7.11 Å². The minimum atomic E-state index is -1.23. The van der Waals surface area contributed by atoms with Gasteiger partial charge in [-0.15, -0.1) is 0 Å². The zero-order valence-electron chi connectivity index (χ0n) is 6.88. The van der Waals surface area contributed by atoms with Crippen LogP contribution in [0.4, 0.5) is 0 Å². The van der Waals surface area contributed by atoms with Crippen LogP contribution >= 0.6 is 0 Å². The van der Waals surface area contributed by atoms with Crippen LogP contribution in [0.25, 0.3) is 0 Å². The van der Waals surface area contributed by atoms with E-state index in [4.69, 9.17) is 0 Å². The van der Waals surface area contributed by atoms with Crippen molar-refractivity contribution >= 4 is 5.97 Å². The molecule has 4 heteroatoms.